The molecule has 0 fully saturated rings. The van der Waals surface area contributed by atoms with Gasteiger partial charge in [0.25, 0.3) is 5.91 Å². The van der Waals surface area contributed by atoms with Crippen molar-refractivity contribution in [1.29, 1.82) is 0 Å². The van der Waals surface area contributed by atoms with Crippen LogP contribution in [0.3, 0.4) is 0 Å². The molecule has 3 N–H and O–H groups in total. The van der Waals surface area contributed by atoms with Crippen molar-refractivity contribution in [3.63, 3.8) is 0 Å². The van der Waals surface area contributed by atoms with Crippen molar-refractivity contribution >= 4 is 28.4 Å². The Kier molecular flexibility index (Phi) is 5.32. The van der Waals surface area contributed by atoms with Crippen molar-refractivity contribution in [3.05, 3.63) is 109 Å². The first-order valence-electron chi connectivity index (χ1n) is 10.3. The molecule has 0 aliphatic heterocycles. The van der Waals surface area contributed by atoms with E-state index in [2.05, 4.69) is 37.7 Å². The highest BCUT2D eigenvalue weighted by Crippen LogP contribution is 2.28. The number of anilines is 2. The lowest BCUT2D eigenvalue weighted by Gasteiger charge is -2.09. The van der Waals surface area contributed by atoms with Crippen LogP contribution in [0, 0.1) is 0 Å². The van der Waals surface area contributed by atoms with Crippen molar-refractivity contribution in [2.24, 2.45) is 0 Å². The minimum atomic E-state index is -0.219. The van der Waals surface area contributed by atoms with Gasteiger partial charge in [0.15, 0.2) is 0 Å². The number of aromatic nitrogens is 3. The Balaban J connectivity index is 1.28. The van der Waals surface area contributed by atoms with Crippen LogP contribution in [0.25, 0.3) is 22.2 Å². The number of amides is 1. The second kappa shape index (κ2) is 8.73. The number of para-hydroxylation sites is 1. The van der Waals surface area contributed by atoms with Gasteiger partial charge in [-0.05, 0) is 53.6 Å². The van der Waals surface area contributed by atoms with Crippen LogP contribution in [-0.4, -0.2) is 20.9 Å². The largest absolute Gasteiger partial charge is 0.347 e. The quantitative estimate of drug-likeness (QED) is 0.349. The maximum atomic E-state index is 12.7. The number of hydrogen-bond acceptors (Lipinski definition) is 4. The van der Waals surface area contributed by atoms with Gasteiger partial charge < -0.3 is 15.6 Å². The number of fused-ring (bicyclic) bond motifs is 1. The standard InChI is InChI=1S/C26H21N5O/c32-26(23-12-5-13-24(31-23)30-20-9-2-1-3-10-20)29-16-18-7-4-8-19(15-18)22-17-28-25-21(22)11-6-14-27-25/h1-15,17H,16H2,(H,27,28)(H,29,32)(H,30,31). The number of carbonyl (C=O) groups is 1. The van der Waals surface area contributed by atoms with Gasteiger partial charge in [-0.25, -0.2) is 9.97 Å². The number of hydrogen-bond donors (Lipinski definition) is 3. The number of nitrogens with zero attached hydrogens (tertiary/aromatic N) is 2. The van der Waals surface area contributed by atoms with Gasteiger partial charge in [-0.2, -0.15) is 0 Å². The van der Waals surface area contributed by atoms with Gasteiger partial charge in [0.1, 0.15) is 17.2 Å². The van der Waals surface area contributed by atoms with Crippen molar-refractivity contribution in [2.75, 3.05) is 5.32 Å². The van der Waals surface area contributed by atoms with E-state index in [0.29, 0.717) is 18.1 Å². The van der Waals surface area contributed by atoms with Gasteiger partial charge in [-0.3, -0.25) is 4.79 Å². The second-order valence-electron chi connectivity index (χ2n) is 7.38. The van der Waals surface area contributed by atoms with E-state index in [1.165, 1.54) is 0 Å². The average Bonchev–Trinajstić information content (AvgIpc) is 3.28. The normalized spacial score (nSPS) is 10.8. The molecular weight excluding hydrogens is 398 g/mol. The summed E-state index contributed by atoms with van der Waals surface area (Å²) in [6.45, 7) is 0.408. The minimum absolute atomic E-state index is 0.219. The van der Waals surface area contributed by atoms with Crippen LogP contribution in [-0.2, 0) is 6.54 Å². The van der Waals surface area contributed by atoms with Gasteiger partial charge in [0, 0.05) is 35.6 Å². The summed E-state index contributed by atoms with van der Waals surface area (Å²) >= 11 is 0. The Hall–Kier alpha value is -4.45. The monoisotopic (exact) mass is 419 g/mol. The third-order valence-electron chi connectivity index (χ3n) is 5.17. The number of H-pyrrole nitrogens is 1. The van der Waals surface area contributed by atoms with E-state index < -0.39 is 0 Å². The van der Waals surface area contributed by atoms with Crippen LogP contribution in [0.15, 0.2) is 97.3 Å². The van der Waals surface area contributed by atoms with E-state index in [1.807, 2.05) is 72.9 Å². The molecule has 5 aromatic rings. The highest BCUT2D eigenvalue weighted by molar-refractivity contribution is 5.94. The molecule has 156 valence electrons. The highest BCUT2D eigenvalue weighted by Gasteiger charge is 2.10. The van der Waals surface area contributed by atoms with Crippen LogP contribution in [0.5, 0.6) is 0 Å². The van der Waals surface area contributed by atoms with Crippen molar-refractivity contribution < 1.29 is 4.79 Å². The number of benzene rings is 2. The molecule has 6 heteroatoms. The first-order valence-corrected chi connectivity index (χ1v) is 10.3. The average molecular weight is 419 g/mol. The Morgan fingerprint density at radius 1 is 0.906 bits per heavy atom. The molecule has 0 unspecified atom stereocenters. The Labute approximate surface area is 185 Å². The summed E-state index contributed by atoms with van der Waals surface area (Å²) in [7, 11) is 0. The molecule has 0 saturated heterocycles. The lowest BCUT2D eigenvalue weighted by atomic mass is 10.0. The molecule has 6 nitrogen and oxygen atoms in total. The molecule has 32 heavy (non-hydrogen) atoms. The van der Waals surface area contributed by atoms with Crippen LogP contribution < -0.4 is 10.6 Å². The zero-order valence-corrected chi connectivity index (χ0v) is 17.2. The summed E-state index contributed by atoms with van der Waals surface area (Å²) in [5.74, 6) is 0.405. The molecule has 1 amide bonds. The Bertz CT molecular complexity index is 1380. The highest BCUT2D eigenvalue weighted by atomic mass is 16.1. The van der Waals surface area contributed by atoms with Gasteiger partial charge in [-0.15, -0.1) is 0 Å². The first kappa shape index (κ1) is 19.5. The van der Waals surface area contributed by atoms with Gasteiger partial charge >= 0.3 is 0 Å². The third kappa shape index (κ3) is 4.20. The molecule has 0 radical (unpaired) electrons. The summed E-state index contributed by atoms with van der Waals surface area (Å²) in [4.78, 5) is 24.7. The molecule has 0 bridgehead atoms. The minimum Gasteiger partial charge on any atom is -0.347 e. The zero-order valence-electron chi connectivity index (χ0n) is 17.2. The predicted octanol–water partition coefficient (Wildman–Crippen LogP) is 5.30. The summed E-state index contributed by atoms with van der Waals surface area (Å²) < 4.78 is 0. The van der Waals surface area contributed by atoms with Crippen molar-refractivity contribution in [1.82, 2.24) is 20.3 Å². The number of nitrogens with one attached hydrogen (secondary N) is 3. The molecule has 5 rings (SSSR count). The van der Waals surface area contributed by atoms with Crippen molar-refractivity contribution in [2.45, 2.75) is 6.54 Å². The van der Waals surface area contributed by atoms with Crippen molar-refractivity contribution in [3.8, 4) is 11.1 Å². The topological polar surface area (TPSA) is 82.7 Å². The van der Waals surface area contributed by atoms with Crippen LogP contribution in [0.4, 0.5) is 11.5 Å². The summed E-state index contributed by atoms with van der Waals surface area (Å²) in [6, 6.07) is 27.2. The molecule has 2 aromatic carbocycles. The van der Waals surface area contributed by atoms with Gasteiger partial charge in [-0.1, -0.05) is 42.5 Å². The van der Waals surface area contributed by atoms with Crippen LogP contribution in [0.2, 0.25) is 0 Å². The molecule has 0 aliphatic rings. The van der Waals surface area contributed by atoms with E-state index in [0.717, 1.165) is 33.4 Å². The molecular formula is C26H21N5O. The Morgan fingerprint density at radius 2 is 1.78 bits per heavy atom. The fraction of sp³-hybridized carbons (Fsp3) is 0.0385. The van der Waals surface area contributed by atoms with E-state index in [9.17, 15) is 4.79 Å². The van der Waals surface area contributed by atoms with Gasteiger partial charge in [0.05, 0.1) is 0 Å². The first-order chi connectivity index (χ1) is 15.8. The second-order valence-corrected chi connectivity index (χ2v) is 7.38. The maximum absolute atomic E-state index is 12.7. The Morgan fingerprint density at radius 3 is 2.69 bits per heavy atom. The number of pyridine rings is 2. The number of aromatic amines is 1. The molecule has 0 spiro atoms. The number of rotatable bonds is 6. The van der Waals surface area contributed by atoms with E-state index in [4.69, 9.17) is 0 Å². The maximum Gasteiger partial charge on any atom is 0.270 e. The molecule has 0 atom stereocenters. The van der Waals surface area contributed by atoms with E-state index in [-0.39, 0.29) is 5.91 Å². The predicted molar refractivity (Wildman–Crippen MR) is 127 cm³/mol. The zero-order chi connectivity index (χ0) is 21.8. The van der Waals surface area contributed by atoms with E-state index >= 15 is 0 Å². The lowest BCUT2D eigenvalue weighted by molar-refractivity contribution is 0.0946. The van der Waals surface area contributed by atoms with Crippen LogP contribution >= 0.6 is 0 Å². The number of carbonyl (C=O) groups excluding carboxylic acids is 1. The summed E-state index contributed by atoms with van der Waals surface area (Å²) in [5.41, 5.74) is 5.31. The SMILES string of the molecule is O=C(NCc1cccc(-c2c[nH]c3ncccc23)c1)c1cccc(Nc2ccccc2)n1. The van der Waals surface area contributed by atoms with Gasteiger partial charge in [0.2, 0.25) is 0 Å². The molecule has 3 aromatic heterocycles. The fourth-order valence-corrected chi connectivity index (χ4v) is 3.62. The molecule has 0 saturated carbocycles. The fourth-order valence-electron chi connectivity index (χ4n) is 3.62. The molecule has 0 aliphatic carbocycles. The third-order valence-corrected chi connectivity index (χ3v) is 5.17. The lowest BCUT2D eigenvalue weighted by Crippen LogP contribution is -2.24. The summed E-state index contributed by atoms with van der Waals surface area (Å²) in [5, 5.41) is 7.25. The smallest absolute Gasteiger partial charge is 0.270 e. The summed E-state index contributed by atoms with van der Waals surface area (Å²) in [6.07, 6.45) is 3.73. The van der Waals surface area contributed by atoms with Crippen LogP contribution in [0.1, 0.15) is 16.1 Å². The van der Waals surface area contributed by atoms with E-state index in [1.54, 1.807) is 12.3 Å². The molecule has 3 heterocycles.